The number of hydrogen-bond donors (Lipinski definition) is 1. The Kier molecular flexibility index (Phi) is 2.88. The first-order valence-electron chi connectivity index (χ1n) is 6.14. The van der Waals surface area contributed by atoms with Crippen molar-refractivity contribution in [3.8, 4) is 11.1 Å². The average Bonchev–Trinajstić information content (AvgIpc) is 3.22. The smallest absolute Gasteiger partial charge is 0.0346 e. The third-order valence-corrected chi connectivity index (χ3v) is 3.07. The summed E-state index contributed by atoms with van der Waals surface area (Å²) in [5, 5.41) is 3.51. The number of pyridine rings is 1. The van der Waals surface area contributed by atoms with E-state index in [-0.39, 0.29) is 0 Å². The molecule has 2 heteroatoms. The third kappa shape index (κ3) is 2.71. The Labute approximate surface area is 102 Å². The second-order valence-corrected chi connectivity index (χ2v) is 4.60. The van der Waals surface area contributed by atoms with Crippen molar-refractivity contribution in [2.45, 2.75) is 25.4 Å². The van der Waals surface area contributed by atoms with Gasteiger partial charge in [0.2, 0.25) is 0 Å². The molecule has 0 radical (unpaired) electrons. The van der Waals surface area contributed by atoms with E-state index < -0.39 is 0 Å². The van der Waals surface area contributed by atoms with E-state index in [2.05, 4.69) is 40.6 Å². The lowest BCUT2D eigenvalue weighted by Crippen LogP contribution is -2.15. The predicted molar refractivity (Wildman–Crippen MR) is 69.5 cm³/mol. The van der Waals surface area contributed by atoms with Crippen molar-refractivity contribution < 1.29 is 0 Å². The number of benzene rings is 1. The highest BCUT2D eigenvalue weighted by Gasteiger charge is 2.19. The van der Waals surface area contributed by atoms with E-state index in [0.717, 1.165) is 12.6 Å². The molecule has 17 heavy (non-hydrogen) atoms. The molecule has 2 nitrogen and oxygen atoms in total. The Morgan fingerprint density at radius 3 is 2.65 bits per heavy atom. The van der Waals surface area contributed by atoms with E-state index in [0.29, 0.717) is 0 Å². The lowest BCUT2D eigenvalue weighted by Gasteiger charge is -2.05. The Hall–Kier alpha value is -1.67. The summed E-state index contributed by atoms with van der Waals surface area (Å²) in [6, 6.07) is 13.4. The fraction of sp³-hybridized carbons (Fsp3) is 0.267. The van der Waals surface area contributed by atoms with E-state index in [4.69, 9.17) is 0 Å². The molecule has 2 aromatic rings. The first kappa shape index (κ1) is 10.5. The highest BCUT2D eigenvalue weighted by Crippen LogP contribution is 2.21. The van der Waals surface area contributed by atoms with Crippen LogP contribution < -0.4 is 5.32 Å². The average molecular weight is 224 g/mol. The summed E-state index contributed by atoms with van der Waals surface area (Å²) in [5.41, 5.74) is 3.69. The standard InChI is InChI=1S/C15H16N2/c1-2-4-13(5-3-1)14-8-12(9-16-11-14)10-17-15-6-7-15/h1-5,8-9,11,15,17H,6-7,10H2. The van der Waals surface area contributed by atoms with Gasteiger partial charge in [0.15, 0.2) is 0 Å². The monoisotopic (exact) mass is 224 g/mol. The Morgan fingerprint density at radius 2 is 1.88 bits per heavy atom. The van der Waals surface area contributed by atoms with Crippen LogP contribution in [0.1, 0.15) is 18.4 Å². The van der Waals surface area contributed by atoms with Crippen LogP contribution in [0, 0.1) is 0 Å². The molecule has 0 amide bonds. The molecule has 86 valence electrons. The fourth-order valence-electron chi connectivity index (χ4n) is 1.92. The van der Waals surface area contributed by atoms with Gasteiger partial charge in [-0.15, -0.1) is 0 Å². The summed E-state index contributed by atoms with van der Waals surface area (Å²) < 4.78 is 0. The molecule has 1 aromatic heterocycles. The van der Waals surface area contributed by atoms with Gasteiger partial charge in [0, 0.05) is 30.5 Å². The minimum Gasteiger partial charge on any atom is -0.310 e. The van der Waals surface area contributed by atoms with Crippen molar-refractivity contribution >= 4 is 0 Å². The zero-order chi connectivity index (χ0) is 11.5. The molecule has 3 rings (SSSR count). The molecule has 1 aliphatic rings. The molecule has 0 unspecified atom stereocenters. The van der Waals surface area contributed by atoms with Crippen LogP contribution in [0.15, 0.2) is 48.8 Å². The van der Waals surface area contributed by atoms with E-state index in [1.54, 1.807) is 0 Å². The van der Waals surface area contributed by atoms with Gasteiger partial charge in [-0.25, -0.2) is 0 Å². The SMILES string of the molecule is c1ccc(-c2cncc(CNC3CC3)c2)cc1. The Morgan fingerprint density at radius 1 is 1.06 bits per heavy atom. The van der Waals surface area contributed by atoms with Crippen LogP contribution in [0.4, 0.5) is 0 Å². The van der Waals surface area contributed by atoms with Crippen LogP contribution in [0.25, 0.3) is 11.1 Å². The van der Waals surface area contributed by atoms with Gasteiger partial charge in [0.25, 0.3) is 0 Å². The number of rotatable bonds is 4. The zero-order valence-electron chi connectivity index (χ0n) is 9.76. The van der Waals surface area contributed by atoms with Crippen LogP contribution in [0.5, 0.6) is 0 Å². The normalized spacial score (nSPS) is 14.8. The maximum Gasteiger partial charge on any atom is 0.0346 e. The molecule has 0 atom stereocenters. The van der Waals surface area contributed by atoms with Crippen molar-refractivity contribution in [3.63, 3.8) is 0 Å². The predicted octanol–water partition coefficient (Wildman–Crippen LogP) is 3.00. The van der Waals surface area contributed by atoms with Gasteiger partial charge in [-0.2, -0.15) is 0 Å². The maximum absolute atomic E-state index is 4.32. The molecule has 0 bridgehead atoms. The number of aromatic nitrogens is 1. The van der Waals surface area contributed by atoms with E-state index in [1.807, 2.05) is 18.5 Å². The largest absolute Gasteiger partial charge is 0.310 e. The van der Waals surface area contributed by atoms with Crippen molar-refractivity contribution in [2.75, 3.05) is 0 Å². The molecule has 1 aromatic carbocycles. The summed E-state index contributed by atoms with van der Waals surface area (Å²) in [6.45, 7) is 0.929. The molecule has 0 aliphatic heterocycles. The van der Waals surface area contributed by atoms with Gasteiger partial charge >= 0.3 is 0 Å². The minimum absolute atomic E-state index is 0.746. The molecule has 1 heterocycles. The molecule has 1 fully saturated rings. The van der Waals surface area contributed by atoms with Crippen LogP contribution in [0.2, 0.25) is 0 Å². The summed E-state index contributed by atoms with van der Waals surface area (Å²) in [6.07, 6.45) is 6.52. The molecule has 0 saturated heterocycles. The molecule has 1 N–H and O–H groups in total. The van der Waals surface area contributed by atoms with Crippen molar-refractivity contribution in [2.24, 2.45) is 0 Å². The third-order valence-electron chi connectivity index (χ3n) is 3.07. The van der Waals surface area contributed by atoms with Crippen LogP contribution >= 0.6 is 0 Å². The highest BCUT2D eigenvalue weighted by atomic mass is 14.9. The fourth-order valence-corrected chi connectivity index (χ4v) is 1.92. The summed E-state index contributed by atoms with van der Waals surface area (Å²) in [7, 11) is 0. The van der Waals surface area contributed by atoms with Crippen LogP contribution in [-0.2, 0) is 6.54 Å². The maximum atomic E-state index is 4.32. The van der Waals surface area contributed by atoms with Crippen LogP contribution in [0.3, 0.4) is 0 Å². The summed E-state index contributed by atoms with van der Waals surface area (Å²) in [5.74, 6) is 0. The van der Waals surface area contributed by atoms with Crippen LogP contribution in [-0.4, -0.2) is 11.0 Å². The lowest BCUT2D eigenvalue weighted by atomic mass is 10.1. The molecular formula is C15H16N2. The van der Waals surface area contributed by atoms with Crippen molar-refractivity contribution in [3.05, 3.63) is 54.4 Å². The van der Waals surface area contributed by atoms with Gasteiger partial charge in [-0.1, -0.05) is 30.3 Å². The van der Waals surface area contributed by atoms with Gasteiger partial charge in [0.05, 0.1) is 0 Å². The Bertz CT molecular complexity index is 489. The summed E-state index contributed by atoms with van der Waals surface area (Å²) in [4.78, 5) is 4.32. The number of nitrogens with one attached hydrogen (secondary N) is 1. The van der Waals surface area contributed by atoms with E-state index in [9.17, 15) is 0 Å². The first-order valence-corrected chi connectivity index (χ1v) is 6.14. The molecule has 0 spiro atoms. The number of nitrogens with zero attached hydrogens (tertiary/aromatic N) is 1. The zero-order valence-corrected chi connectivity index (χ0v) is 9.76. The number of hydrogen-bond acceptors (Lipinski definition) is 2. The summed E-state index contributed by atoms with van der Waals surface area (Å²) >= 11 is 0. The second kappa shape index (κ2) is 4.68. The Balaban J connectivity index is 1.78. The van der Waals surface area contributed by atoms with Crippen molar-refractivity contribution in [1.29, 1.82) is 0 Å². The van der Waals surface area contributed by atoms with Gasteiger partial charge in [-0.3, -0.25) is 4.98 Å². The topological polar surface area (TPSA) is 24.9 Å². The molecular weight excluding hydrogens is 208 g/mol. The van der Waals surface area contributed by atoms with Crippen molar-refractivity contribution in [1.82, 2.24) is 10.3 Å². The second-order valence-electron chi connectivity index (χ2n) is 4.60. The highest BCUT2D eigenvalue weighted by molar-refractivity contribution is 5.62. The van der Waals surface area contributed by atoms with E-state index >= 15 is 0 Å². The minimum atomic E-state index is 0.746. The van der Waals surface area contributed by atoms with Gasteiger partial charge in [0.1, 0.15) is 0 Å². The molecule has 1 saturated carbocycles. The first-order chi connectivity index (χ1) is 8.42. The van der Waals surface area contributed by atoms with Gasteiger partial charge in [-0.05, 0) is 30.0 Å². The van der Waals surface area contributed by atoms with Gasteiger partial charge < -0.3 is 5.32 Å². The van der Waals surface area contributed by atoms with E-state index in [1.165, 1.54) is 29.5 Å². The molecule has 1 aliphatic carbocycles. The lowest BCUT2D eigenvalue weighted by molar-refractivity contribution is 0.686. The quantitative estimate of drug-likeness (QED) is 0.863.